The molecular formula is C33H35Cl2F3N4O4S. The van der Waals surface area contributed by atoms with Crippen molar-refractivity contribution in [2.24, 2.45) is 4.99 Å². The maximum absolute atomic E-state index is 14.6. The molecule has 3 aromatic rings. The highest BCUT2D eigenvalue weighted by Gasteiger charge is 2.45. The van der Waals surface area contributed by atoms with E-state index >= 15 is 0 Å². The molecule has 2 atom stereocenters. The predicted molar refractivity (Wildman–Crippen MR) is 177 cm³/mol. The van der Waals surface area contributed by atoms with E-state index in [1.165, 1.54) is 15.3 Å². The minimum atomic E-state index is -4.62. The Hall–Kier alpha value is -3.32. The van der Waals surface area contributed by atoms with Crippen LogP contribution in [0.5, 0.6) is 5.75 Å². The number of carbonyl (C=O) groups is 1. The first-order valence-electron chi connectivity index (χ1n) is 15.3. The molecule has 2 amide bonds. The third-order valence-electron chi connectivity index (χ3n) is 8.20. The number of urea groups is 1. The molecule has 0 aromatic heterocycles. The lowest BCUT2D eigenvalue weighted by Crippen LogP contribution is -2.55. The number of piperazine rings is 1. The van der Waals surface area contributed by atoms with E-state index in [4.69, 9.17) is 32.9 Å². The monoisotopic (exact) mass is 710 g/mol. The smallest absolute Gasteiger partial charge is 0.416 e. The van der Waals surface area contributed by atoms with Crippen molar-refractivity contribution >= 4 is 45.1 Å². The number of halogens is 5. The van der Waals surface area contributed by atoms with E-state index in [0.717, 1.165) is 24.1 Å². The largest absolute Gasteiger partial charge is 0.493 e. The van der Waals surface area contributed by atoms with Crippen LogP contribution in [0.1, 0.15) is 61.0 Å². The van der Waals surface area contributed by atoms with E-state index in [9.17, 15) is 26.4 Å². The fraction of sp³-hybridized carbons (Fsp3) is 0.394. The van der Waals surface area contributed by atoms with E-state index in [0.29, 0.717) is 22.0 Å². The Morgan fingerprint density at radius 1 is 0.915 bits per heavy atom. The third-order valence-corrected chi connectivity index (χ3v) is 10.7. The summed E-state index contributed by atoms with van der Waals surface area (Å²) >= 11 is 12.4. The quantitative estimate of drug-likeness (QED) is 0.227. The first-order chi connectivity index (χ1) is 22.3. The van der Waals surface area contributed by atoms with Crippen LogP contribution in [0.2, 0.25) is 10.0 Å². The van der Waals surface area contributed by atoms with Crippen molar-refractivity contribution in [3.8, 4) is 5.75 Å². The summed E-state index contributed by atoms with van der Waals surface area (Å²) in [6.45, 7) is 4.14. The second-order valence-electron chi connectivity index (χ2n) is 11.3. The Bertz CT molecular complexity index is 1710. The molecule has 8 nitrogen and oxygen atoms in total. The van der Waals surface area contributed by atoms with Gasteiger partial charge in [-0.25, -0.2) is 13.2 Å². The van der Waals surface area contributed by atoms with Crippen molar-refractivity contribution in [2.75, 3.05) is 38.5 Å². The van der Waals surface area contributed by atoms with Gasteiger partial charge in [-0.05, 0) is 66.9 Å². The number of ether oxygens (including phenoxy) is 1. The maximum Gasteiger partial charge on any atom is 0.416 e. The minimum Gasteiger partial charge on any atom is -0.493 e. The van der Waals surface area contributed by atoms with Crippen molar-refractivity contribution in [3.05, 3.63) is 99.0 Å². The molecule has 1 fully saturated rings. The number of rotatable bonds is 9. The van der Waals surface area contributed by atoms with Gasteiger partial charge in [-0.15, -0.1) is 0 Å². The summed E-state index contributed by atoms with van der Waals surface area (Å²) in [5.74, 6) is 0.0954. The summed E-state index contributed by atoms with van der Waals surface area (Å²) in [6, 6.07) is 15.2. The highest BCUT2D eigenvalue weighted by Crippen LogP contribution is 2.46. The number of aliphatic imine (C=N–C) groups is 1. The Balaban J connectivity index is 1.61. The Labute approximate surface area is 282 Å². The van der Waals surface area contributed by atoms with Gasteiger partial charge in [0, 0.05) is 36.2 Å². The summed E-state index contributed by atoms with van der Waals surface area (Å²) in [6.07, 6.45) is -3.34. The number of unbranched alkanes of at least 4 members (excludes halogenated alkanes) is 1. The highest BCUT2D eigenvalue weighted by molar-refractivity contribution is 7.89. The second kappa shape index (κ2) is 14.4. The lowest BCUT2D eigenvalue weighted by molar-refractivity contribution is -0.137. The van der Waals surface area contributed by atoms with E-state index in [-0.39, 0.29) is 55.7 Å². The average molecular weight is 712 g/mol. The van der Waals surface area contributed by atoms with Crippen LogP contribution in [-0.4, -0.2) is 72.9 Å². The van der Waals surface area contributed by atoms with E-state index < -0.39 is 39.9 Å². The van der Waals surface area contributed by atoms with Crippen LogP contribution >= 0.6 is 23.2 Å². The van der Waals surface area contributed by atoms with Gasteiger partial charge in [0.2, 0.25) is 10.0 Å². The summed E-state index contributed by atoms with van der Waals surface area (Å²) in [5, 5.41) is 0.982. The summed E-state index contributed by atoms with van der Waals surface area (Å²) < 4.78 is 74.1. The number of sulfonamides is 1. The van der Waals surface area contributed by atoms with Crippen molar-refractivity contribution < 1.29 is 31.1 Å². The zero-order chi connectivity index (χ0) is 33.9. The first-order valence-corrected chi connectivity index (χ1v) is 17.7. The number of alkyl halides is 3. The molecule has 0 radical (unpaired) electrons. The number of carbonyl (C=O) groups excluding carboxylic acids is 1. The number of hydrogen-bond donors (Lipinski definition) is 0. The molecule has 2 heterocycles. The van der Waals surface area contributed by atoms with Crippen LogP contribution in [0, 0.1) is 0 Å². The molecule has 0 N–H and O–H groups in total. The molecule has 0 bridgehead atoms. The maximum atomic E-state index is 14.6. The Kier molecular flexibility index (Phi) is 10.7. The van der Waals surface area contributed by atoms with Crippen LogP contribution in [0.25, 0.3) is 0 Å². The molecular weight excluding hydrogens is 676 g/mol. The predicted octanol–water partition coefficient (Wildman–Crippen LogP) is 7.82. The van der Waals surface area contributed by atoms with Gasteiger partial charge < -0.3 is 9.64 Å². The van der Waals surface area contributed by atoms with Crippen LogP contribution in [0.4, 0.5) is 18.0 Å². The molecule has 2 unspecified atom stereocenters. The number of hydrogen-bond acceptors (Lipinski definition) is 5. The summed E-state index contributed by atoms with van der Waals surface area (Å²) in [4.78, 5) is 22.7. The molecule has 1 saturated heterocycles. The van der Waals surface area contributed by atoms with E-state index in [1.807, 2.05) is 6.92 Å². The molecule has 47 heavy (non-hydrogen) atoms. The van der Waals surface area contributed by atoms with Crippen molar-refractivity contribution in [3.63, 3.8) is 0 Å². The molecule has 2 aliphatic rings. The Morgan fingerprint density at radius 3 is 2.06 bits per heavy atom. The summed E-state index contributed by atoms with van der Waals surface area (Å²) in [5.41, 5.74) is 0.723. The van der Waals surface area contributed by atoms with Crippen molar-refractivity contribution in [1.82, 2.24) is 14.1 Å². The fourth-order valence-corrected chi connectivity index (χ4v) is 7.66. The van der Waals surface area contributed by atoms with Gasteiger partial charge in [-0.3, -0.25) is 9.89 Å². The fourth-order valence-electron chi connectivity index (χ4n) is 5.78. The van der Waals surface area contributed by atoms with Gasteiger partial charge in [0.05, 0.1) is 29.5 Å². The first kappa shape index (κ1) is 35.0. The molecule has 14 heteroatoms. The van der Waals surface area contributed by atoms with Crippen LogP contribution in [0.15, 0.2) is 71.7 Å². The van der Waals surface area contributed by atoms with E-state index in [1.54, 1.807) is 60.4 Å². The topological polar surface area (TPSA) is 82.5 Å². The number of amides is 2. The van der Waals surface area contributed by atoms with E-state index in [2.05, 4.69) is 0 Å². The number of benzene rings is 3. The van der Waals surface area contributed by atoms with Crippen LogP contribution in [-0.2, 0) is 16.2 Å². The molecule has 252 valence electrons. The normalized spacial score (nSPS) is 19.2. The van der Waals surface area contributed by atoms with Gasteiger partial charge in [-0.2, -0.15) is 17.5 Å². The molecule has 0 aliphatic carbocycles. The second-order valence-corrected chi connectivity index (χ2v) is 14.3. The van der Waals surface area contributed by atoms with Crippen LogP contribution in [0.3, 0.4) is 0 Å². The SMILES string of the molecule is CCCCS(=O)(=O)N1CCN(C(=O)N2C(c3ccc(C(F)(F)F)cc3OCC)=NC(c3ccc(Cl)cc3)C2c2ccc(Cl)cc2)CC1. The molecule has 3 aromatic carbocycles. The third kappa shape index (κ3) is 7.72. The minimum absolute atomic E-state index is 0.0376. The van der Waals surface area contributed by atoms with Gasteiger partial charge in [0.1, 0.15) is 17.6 Å². The van der Waals surface area contributed by atoms with Gasteiger partial charge in [0.15, 0.2) is 0 Å². The van der Waals surface area contributed by atoms with Gasteiger partial charge >= 0.3 is 12.2 Å². The zero-order valence-corrected chi connectivity index (χ0v) is 28.2. The zero-order valence-electron chi connectivity index (χ0n) is 25.9. The van der Waals surface area contributed by atoms with Crippen molar-refractivity contribution in [1.29, 1.82) is 0 Å². The number of amidine groups is 1. The van der Waals surface area contributed by atoms with Crippen molar-refractivity contribution in [2.45, 2.75) is 44.9 Å². The standard InChI is InChI=1S/C33H35Cl2F3N4O4S/c1-3-5-20-47(44,45)41-18-16-40(17-19-41)32(43)42-30(23-8-13-26(35)14-9-23)29(22-6-11-25(34)12-7-22)39-31(42)27-15-10-24(33(36,37)38)21-28(27)46-4-2/h6-15,21,29-30H,3-5,16-20H2,1-2H3. The lowest BCUT2D eigenvalue weighted by atomic mass is 9.93. The number of nitrogens with zero attached hydrogens (tertiary/aromatic N) is 4. The summed E-state index contributed by atoms with van der Waals surface area (Å²) in [7, 11) is -3.48. The molecule has 5 rings (SSSR count). The molecule has 2 aliphatic heterocycles. The molecule has 0 saturated carbocycles. The highest BCUT2D eigenvalue weighted by atomic mass is 35.5. The average Bonchev–Trinajstić information content (AvgIpc) is 3.44. The van der Waals surface area contributed by atoms with Gasteiger partial charge in [0.25, 0.3) is 0 Å². The lowest BCUT2D eigenvalue weighted by Gasteiger charge is -2.38. The Morgan fingerprint density at radius 2 is 1.51 bits per heavy atom. The van der Waals surface area contributed by atoms with Gasteiger partial charge in [-0.1, -0.05) is 60.8 Å². The van der Waals surface area contributed by atoms with Crippen LogP contribution < -0.4 is 4.74 Å². The molecule has 0 spiro atoms.